The Bertz CT molecular complexity index is 579. The molecule has 0 radical (unpaired) electrons. The highest BCUT2D eigenvalue weighted by Gasteiger charge is 2.11. The molecule has 0 fully saturated rings. The average molecular weight is 443 g/mol. The summed E-state index contributed by atoms with van der Waals surface area (Å²) in [6.07, 6.45) is 0.696. The van der Waals surface area contributed by atoms with Crippen LogP contribution in [0.5, 0.6) is 0 Å². The zero-order valence-electron chi connectivity index (χ0n) is 9.64. The van der Waals surface area contributed by atoms with Crippen LogP contribution in [0.1, 0.15) is 16.5 Å². The Labute approximate surface area is 144 Å². The molecule has 0 saturated heterocycles. The van der Waals surface area contributed by atoms with Crippen LogP contribution in [0.4, 0.5) is 0 Å². The highest BCUT2D eigenvalue weighted by atomic mass is 79.9. The monoisotopic (exact) mass is 440 g/mol. The van der Waals surface area contributed by atoms with E-state index in [0.29, 0.717) is 16.5 Å². The van der Waals surface area contributed by atoms with Gasteiger partial charge >= 0.3 is 0 Å². The summed E-state index contributed by atoms with van der Waals surface area (Å²) in [5.41, 5.74) is 2.11. The fourth-order valence-corrected chi connectivity index (χ4v) is 3.70. The minimum Gasteiger partial charge on any atom is -0.117 e. The second-order valence-corrected chi connectivity index (χ2v) is 7.30. The Morgan fingerprint density at radius 3 is 2.11 bits per heavy atom. The highest BCUT2D eigenvalue weighted by Crippen LogP contribution is 2.31. The van der Waals surface area contributed by atoms with Gasteiger partial charge in [0.15, 0.2) is 0 Å². The molecule has 100 valence electrons. The summed E-state index contributed by atoms with van der Waals surface area (Å²) in [5.74, 6) is 0. The molecule has 0 amide bonds. The van der Waals surface area contributed by atoms with Crippen LogP contribution in [0.15, 0.2) is 45.3 Å². The number of halogens is 5. The third-order valence-electron chi connectivity index (χ3n) is 2.65. The highest BCUT2D eigenvalue weighted by molar-refractivity contribution is 9.11. The van der Waals surface area contributed by atoms with Gasteiger partial charge in [-0.05, 0) is 47.9 Å². The molecule has 0 aliphatic rings. The topological polar surface area (TPSA) is 0 Å². The first kappa shape index (κ1) is 15.7. The Balaban J connectivity index is 2.20. The maximum Gasteiger partial charge on any atom is 0.0626 e. The fraction of sp³-hybridized carbons (Fsp3) is 0.143. The molecule has 0 aromatic heterocycles. The molecular weight excluding hydrogens is 434 g/mol. The average Bonchev–Trinajstić information content (AvgIpc) is 2.32. The first-order chi connectivity index (χ1) is 8.95. The molecule has 0 heterocycles. The molecule has 2 rings (SSSR count). The molecule has 0 bridgehead atoms. The third-order valence-corrected chi connectivity index (χ3v) is 4.71. The van der Waals surface area contributed by atoms with Crippen molar-refractivity contribution in [2.24, 2.45) is 0 Å². The molecule has 0 N–H and O–H groups in total. The van der Waals surface area contributed by atoms with Crippen molar-refractivity contribution in [3.8, 4) is 0 Å². The lowest BCUT2D eigenvalue weighted by Gasteiger charge is -2.12. The molecule has 0 aliphatic heterocycles. The summed E-state index contributed by atoms with van der Waals surface area (Å²) in [4.78, 5) is 0. The van der Waals surface area contributed by atoms with Gasteiger partial charge in [-0.3, -0.25) is 0 Å². The number of benzene rings is 2. The number of hydrogen-bond donors (Lipinski definition) is 0. The van der Waals surface area contributed by atoms with Crippen molar-refractivity contribution in [2.45, 2.75) is 11.8 Å². The van der Waals surface area contributed by atoms with Crippen molar-refractivity contribution in [3.05, 3.63) is 66.5 Å². The van der Waals surface area contributed by atoms with Gasteiger partial charge in [0.05, 0.1) is 15.4 Å². The van der Waals surface area contributed by atoms with E-state index in [0.717, 1.165) is 20.1 Å². The zero-order valence-corrected chi connectivity index (χ0v) is 15.1. The van der Waals surface area contributed by atoms with Crippen LogP contribution >= 0.6 is 66.7 Å². The van der Waals surface area contributed by atoms with Gasteiger partial charge in [0.2, 0.25) is 0 Å². The maximum atomic E-state index is 6.46. The molecule has 0 nitrogen and oxygen atoms in total. The Hall–Kier alpha value is 0.270. The number of rotatable bonds is 3. The first-order valence-electron chi connectivity index (χ1n) is 5.49. The fourth-order valence-electron chi connectivity index (χ4n) is 1.75. The standard InChI is InChI=1S/C14H9Br2Cl3/c15-10-5-9(6-11(16)7-10)13(18)3-8-1-2-12(17)14(19)4-8/h1-2,4-7,13H,3H2. The summed E-state index contributed by atoms with van der Waals surface area (Å²) >= 11 is 25.3. The van der Waals surface area contributed by atoms with E-state index in [9.17, 15) is 0 Å². The van der Waals surface area contributed by atoms with Gasteiger partial charge in [0.1, 0.15) is 0 Å². The van der Waals surface area contributed by atoms with Gasteiger partial charge in [-0.2, -0.15) is 0 Å². The summed E-state index contributed by atoms with van der Waals surface area (Å²) in [5, 5.41) is 0.992. The Morgan fingerprint density at radius 1 is 0.895 bits per heavy atom. The minimum absolute atomic E-state index is 0.119. The number of alkyl halides is 1. The van der Waals surface area contributed by atoms with Gasteiger partial charge in [0.25, 0.3) is 0 Å². The minimum atomic E-state index is -0.119. The van der Waals surface area contributed by atoms with Crippen LogP contribution in [0.2, 0.25) is 10.0 Å². The van der Waals surface area contributed by atoms with E-state index in [2.05, 4.69) is 31.9 Å². The van der Waals surface area contributed by atoms with E-state index < -0.39 is 0 Å². The normalized spacial score (nSPS) is 12.5. The van der Waals surface area contributed by atoms with Crippen LogP contribution < -0.4 is 0 Å². The second-order valence-electron chi connectivity index (χ2n) is 4.12. The SMILES string of the molecule is Clc1ccc(CC(Cl)c2cc(Br)cc(Br)c2)cc1Cl. The predicted octanol–water partition coefficient (Wildman–Crippen LogP) is 7.04. The third kappa shape index (κ3) is 4.37. The summed E-state index contributed by atoms with van der Waals surface area (Å²) in [7, 11) is 0. The van der Waals surface area contributed by atoms with Crippen LogP contribution in [0.25, 0.3) is 0 Å². The van der Waals surface area contributed by atoms with Crippen LogP contribution in [0.3, 0.4) is 0 Å². The molecule has 2 aromatic carbocycles. The van der Waals surface area contributed by atoms with E-state index in [1.807, 2.05) is 30.3 Å². The Morgan fingerprint density at radius 2 is 1.53 bits per heavy atom. The number of hydrogen-bond acceptors (Lipinski definition) is 0. The maximum absolute atomic E-state index is 6.46. The Kier molecular flexibility index (Phi) is 5.62. The molecule has 19 heavy (non-hydrogen) atoms. The van der Waals surface area contributed by atoms with Gasteiger partial charge in [-0.15, -0.1) is 11.6 Å². The van der Waals surface area contributed by atoms with E-state index in [4.69, 9.17) is 34.8 Å². The van der Waals surface area contributed by atoms with Crippen molar-refractivity contribution in [3.63, 3.8) is 0 Å². The van der Waals surface area contributed by atoms with E-state index in [1.54, 1.807) is 6.07 Å². The van der Waals surface area contributed by atoms with Crippen LogP contribution in [-0.4, -0.2) is 0 Å². The molecule has 1 unspecified atom stereocenters. The molecule has 1 atom stereocenters. The molecule has 0 spiro atoms. The lowest BCUT2D eigenvalue weighted by atomic mass is 10.0. The van der Waals surface area contributed by atoms with Gasteiger partial charge in [-0.1, -0.05) is 61.1 Å². The molecule has 0 saturated carbocycles. The molecule has 0 aliphatic carbocycles. The van der Waals surface area contributed by atoms with Crippen molar-refractivity contribution in [2.75, 3.05) is 0 Å². The quantitative estimate of drug-likeness (QED) is 0.447. The molecular formula is C14H9Br2Cl3. The van der Waals surface area contributed by atoms with Crippen LogP contribution in [-0.2, 0) is 6.42 Å². The molecule has 5 heteroatoms. The molecule has 2 aromatic rings. The first-order valence-corrected chi connectivity index (χ1v) is 8.27. The van der Waals surface area contributed by atoms with Crippen molar-refractivity contribution >= 4 is 66.7 Å². The van der Waals surface area contributed by atoms with Crippen molar-refractivity contribution in [1.29, 1.82) is 0 Å². The lowest BCUT2D eigenvalue weighted by Crippen LogP contribution is -1.96. The summed E-state index contributed by atoms with van der Waals surface area (Å²) in [6, 6.07) is 11.6. The smallest absolute Gasteiger partial charge is 0.0626 e. The van der Waals surface area contributed by atoms with Gasteiger partial charge in [-0.25, -0.2) is 0 Å². The van der Waals surface area contributed by atoms with E-state index in [1.165, 1.54) is 0 Å². The zero-order chi connectivity index (χ0) is 14.0. The summed E-state index contributed by atoms with van der Waals surface area (Å²) < 4.78 is 1.99. The van der Waals surface area contributed by atoms with Gasteiger partial charge in [0, 0.05) is 8.95 Å². The lowest BCUT2D eigenvalue weighted by molar-refractivity contribution is 0.918. The second kappa shape index (κ2) is 6.82. The van der Waals surface area contributed by atoms with E-state index in [-0.39, 0.29) is 5.38 Å². The van der Waals surface area contributed by atoms with Crippen molar-refractivity contribution < 1.29 is 0 Å². The van der Waals surface area contributed by atoms with Crippen molar-refractivity contribution in [1.82, 2.24) is 0 Å². The summed E-state index contributed by atoms with van der Waals surface area (Å²) in [6.45, 7) is 0. The van der Waals surface area contributed by atoms with Crippen LogP contribution in [0, 0.1) is 0 Å². The van der Waals surface area contributed by atoms with Gasteiger partial charge < -0.3 is 0 Å². The van der Waals surface area contributed by atoms with E-state index >= 15 is 0 Å². The predicted molar refractivity (Wildman–Crippen MR) is 90.6 cm³/mol. The largest absolute Gasteiger partial charge is 0.117 e.